The van der Waals surface area contributed by atoms with Crippen LogP contribution in [0.1, 0.15) is 63.3 Å². The fourth-order valence-electron chi connectivity index (χ4n) is 3.71. The van der Waals surface area contributed by atoms with E-state index in [-0.39, 0.29) is 0 Å². The zero-order chi connectivity index (χ0) is 16.9. The van der Waals surface area contributed by atoms with Crippen molar-refractivity contribution in [2.45, 2.75) is 66.3 Å². The molecule has 23 heavy (non-hydrogen) atoms. The van der Waals surface area contributed by atoms with E-state index in [1.807, 2.05) is 20.9 Å². The maximum atomic E-state index is 5.60. The SMILES string of the molecule is CN=C(NCc1nc(C)c(C)o1)NCC1(CC(C)C)CCCC1. The maximum absolute atomic E-state index is 5.60. The van der Waals surface area contributed by atoms with Gasteiger partial charge in [0.05, 0.1) is 12.2 Å². The van der Waals surface area contributed by atoms with Gasteiger partial charge in [-0.05, 0) is 44.4 Å². The summed E-state index contributed by atoms with van der Waals surface area (Å²) in [7, 11) is 1.81. The highest BCUT2D eigenvalue weighted by atomic mass is 16.4. The van der Waals surface area contributed by atoms with Crippen molar-refractivity contribution in [3.8, 4) is 0 Å². The molecule has 1 heterocycles. The molecule has 0 atom stereocenters. The molecular formula is C18H32N4O. The number of nitrogens with one attached hydrogen (secondary N) is 2. The molecule has 0 amide bonds. The monoisotopic (exact) mass is 320 g/mol. The second kappa shape index (κ2) is 7.84. The van der Waals surface area contributed by atoms with Crippen molar-refractivity contribution >= 4 is 5.96 Å². The Hall–Kier alpha value is -1.52. The van der Waals surface area contributed by atoms with Crippen molar-refractivity contribution in [3.05, 3.63) is 17.3 Å². The molecule has 1 fully saturated rings. The summed E-state index contributed by atoms with van der Waals surface area (Å²) in [4.78, 5) is 8.72. The van der Waals surface area contributed by atoms with Crippen LogP contribution in [0.2, 0.25) is 0 Å². The van der Waals surface area contributed by atoms with Crippen molar-refractivity contribution in [1.82, 2.24) is 15.6 Å². The highest BCUT2D eigenvalue weighted by Gasteiger charge is 2.34. The second-order valence-corrected chi connectivity index (χ2v) is 7.33. The van der Waals surface area contributed by atoms with Crippen LogP contribution in [0.4, 0.5) is 0 Å². The molecule has 0 spiro atoms. The lowest BCUT2D eigenvalue weighted by Crippen LogP contribution is -2.43. The summed E-state index contributed by atoms with van der Waals surface area (Å²) in [6.07, 6.45) is 6.65. The van der Waals surface area contributed by atoms with Crippen molar-refractivity contribution in [2.75, 3.05) is 13.6 Å². The number of oxazole rings is 1. The van der Waals surface area contributed by atoms with Crippen molar-refractivity contribution in [1.29, 1.82) is 0 Å². The van der Waals surface area contributed by atoms with Crippen molar-refractivity contribution in [3.63, 3.8) is 0 Å². The fraction of sp³-hybridized carbons (Fsp3) is 0.778. The number of aliphatic imine (C=N–C) groups is 1. The summed E-state index contributed by atoms with van der Waals surface area (Å²) in [6, 6.07) is 0. The van der Waals surface area contributed by atoms with Gasteiger partial charge in [0.1, 0.15) is 5.76 Å². The largest absolute Gasteiger partial charge is 0.444 e. The molecule has 0 aliphatic heterocycles. The van der Waals surface area contributed by atoms with Crippen LogP contribution < -0.4 is 10.6 Å². The van der Waals surface area contributed by atoms with Crippen LogP contribution in [0.15, 0.2) is 9.41 Å². The van der Waals surface area contributed by atoms with Gasteiger partial charge in [0, 0.05) is 13.6 Å². The summed E-state index contributed by atoms with van der Waals surface area (Å²) in [5.74, 6) is 3.16. The third-order valence-electron chi connectivity index (χ3n) is 4.84. The molecule has 0 bridgehead atoms. The van der Waals surface area contributed by atoms with E-state index in [2.05, 4.69) is 34.5 Å². The summed E-state index contributed by atoms with van der Waals surface area (Å²) >= 11 is 0. The van der Waals surface area contributed by atoms with Gasteiger partial charge in [-0.1, -0.05) is 26.7 Å². The van der Waals surface area contributed by atoms with E-state index < -0.39 is 0 Å². The molecule has 2 rings (SSSR count). The Morgan fingerprint density at radius 3 is 2.48 bits per heavy atom. The average molecular weight is 320 g/mol. The normalized spacial score (nSPS) is 17.7. The van der Waals surface area contributed by atoms with Gasteiger partial charge in [-0.15, -0.1) is 0 Å². The van der Waals surface area contributed by atoms with Crippen LogP contribution >= 0.6 is 0 Å². The Morgan fingerprint density at radius 2 is 1.96 bits per heavy atom. The summed E-state index contributed by atoms with van der Waals surface area (Å²) < 4.78 is 5.60. The number of aromatic nitrogens is 1. The lowest BCUT2D eigenvalue weighted by Gasteiger charge is -2.31. The molecule has 1 aromatic rings. The maximum Gasteiger partial charge on any atom is 0.214 e. The van der Waals surface area contributed by atoms with Gasteiger partial charge in [0.25, 0.3) is 0 Å². The molecule has 130 valence electrons. The van der Waals surface area contributed by atoms with E-state index in [0.29, 0.717) is 17.9 Å². The van der Waals surface area contributed by atoms with E-state index >= 15 is 0 Å². The number of hydrogen-bond donors (Lipinski definition) is 2. The first-order valence-electron chi connectivity index (χ1n) is 8.81. The van der Waals surface area contributed by atoms with Crippen LogP contribution in [0.3, 0.4) is 0 Å². The summed E-state index contributed by atoms with van der Waals surface area (Å²) in [5.41, 5.74) is 1.38. The Kier molecular flexibility index (Phi) is 6.08. The van der Waals surface area contributed by atoms with Gasteiger partial charge in [0.15, 0.2) is 5.96 Å². The molecule has 1 aliphatic rings. The first-order chi connectivity index (χ1) is 10.9. The average Bonchev–Trinajstić information content (AvgIpc) is 3.06. The molecule has 2 N–H and O–H groups in total. The molecule has 1 saturated carbocycles. The van der Waals surface area contributed by atoms with Crippen LogP contribution in [-0.4, -0.2) is 24.5 Å². The highest BCUT2D eigenvalue weighted by Crippen LogP contribution is 2.42. The molecular weight excluding hydrogens is 288 g/mol. The fourth-order valence-corrected chi connectivity index (χ4v) is 3.71. The highest BCUT2D eigenvalue weighted by molar-refractivity contribution is 5.79. The van der Waals surface area contributed by atoms with Crippen molar-refractivity contribution < 1.29 is 4.42 Å². The molecule has 0 unspecified atom stereocenters. The molecule has 5 heteroatoms. The Morgan fingerprint density at radius 1 is 1.26 bits per heavy atom. The zero-order valence-electron chi connectivity index (χ0n) is 15.3. The standard InChI is InChI=1S/C18H32N4O/c1-13(2)10-18(8-6-7-9-18)12-21-17(19-5)20-11-16-22-14(3)15(4)23-16/h13H,6-12H2,1-5H3,(H2,19,20,21). The number of nitrogens with zero attached hydrogens (tertiary/aromatic N) is 2. The smallest absolute Gasteiger partial charge is 0.214 e. The third kappa shape index (κ3) is 4.98. The van der Waals surface area contributed by atoms with Gasteiger partial charge in [-0.2, -0.15) is 0 Å². The van der Waals surface area contributed by atoms with Gasteiger partial charge in [0.2, 0.25) is 5.89 Å². The van der Waals surface area contributed by atoms with Crippen LogP contribution in [-0.2, 0) is 6.54 Å². The predicted octanol–water partition coefficient (Wildman–Crippen LogP) is 3.56. The van der Waals surface area contributed by atoms with E-state index in [0.717, 1.165) is 29.9 Å². The van der Waals surface area contributed by atoms with E-state index in [4.69, 9.17) is 4.42 Å². The second-order valence-electron chi connectivity index (χ2n) is 7.33. The minimum Gasteiger partial charge on any atom is -0.444 e. The predicted molar refractivity (Wildman–Crippen MR) is 94.5 cm³/mol. The zero-order valence-corrected chi connectivity index (χ0v) is 15.3. The van der Waals surface area contributed by atoms with Gasteiger partial charge in [-0.25, -0.2) is 4.98 Å². The first kappa shape index (κ1) is 17.8. The molecule has 0 radical (unpaired) electrons. The molecule has 5 nitrogen and oxygen atoms in total. The van der Waals surface area contributed by atoms with Crippen molar-refractivity contribution in [2.24, 2.45) is 16.3 Å². The molecule has 1 aromatic heterocycles. The summed E-state index contributed by atoms with van der Waals surface area (Å²) in [6.45, 7) is 10.1. The summed E-state index contributed by atoms with van der Waals surface area (Å²) in [5, 5.41) is 6.82. The number of aryl methyl sites for hydroxylation is 2. The van der Waals surface area contributed by atoms with E-state index in [1.54, 1.807) is 0 Å². The van der Waals surface area contributed by atoms with E-state index in [1.165, 1.54) is 32.1 Å². The lowest BCUT2D eigenvalue weighted by atomic mass is 9.78. The van der Waals surface area contributed by atoms with Gasteiger partial charge in [-0.3, -0.25) is 4.99 Å². The van der Waals surface area contributed by atoms with Gasteiger partial charge < -0.3 is 15.1 Å². The lowest BCUT2D eigenvalue weighted by molar-refractivity contribution is 0.234. The Balaban J connectivity index is 1.86. The minimum absolute atomic E-state index is 0.432. The first-order valence-corrected chi connectivity index (χ1v) is 8.81. The quantitative estimate of drug-likeness (QED) is 0.621. The van der Waals surface area contributed by atoms with Crippen LogP contribution in [0.5, 0.6) is 0 Å². The Bertz CT molecular complexity index is 508. The van der Waals surface area contributed by atoms with Crippen LogP contribution in [0.25, 0.3) is 0 Å². The van der Waals surface area contributed by atoms with E-state index in [9.17, 15) is 0 Å². The molecule has 0 saturated heterocycles. The Labute approximate surface area is 140 Å². The minimum atomic E-state index is 0.432. The number of guanidine groups is 1. The van der Waals surface area contributed by atoms with Gasteiger partial charge >= 0.3 is 0 Å². The third-order valence-corrected chi connectivity index (χ3v) is 4.84. The number of hydrogen-bond acceptors (Lipinski definition) is 3. The van der Waals surface area contributed by atoms with Crippen LogP contribution in [0, 0.1) is 25.2 Å². The topological polar surface area (TPSA) is 62.5 Å². The molecule has 1 aliphatic carbocycles. The number of rotatable bonds is 6. The molecule has 0 aromatic carbocycles.